The summed E-state index contributed by atoms with van der Waals surface area (Å²) in [5.74, 6) is 0.722. The molecule has 0 aliphatic heterocycles. The van der Waals surface area contributed by atoms with Crippen LogP contribution in [0.1, 0.15) is 12.6 Å². The standard InChI is InChI=1S/C27H21Cl2F3N8O2/c1-15(13-36-26(34-2)42-19-6-3-16(4-7-19)20-11-18(29)14-35-24(20)33)37-25(41)38-21-12-17(28)5-8-22(21)40-10-9-23(39-40)27(30,31)32/h3-14H,2H2,1H3,(H2,33,35)(H2,37,38,41)/b15-13+,36-26+. The summed E-state index contributed by atoms with van der Waals surface area (Å²) >= 11 is 12.1. The van der Waals surface area contributed by atoms with E-state index in [1.807, 2.05) is 0 Å². The molecule has 0 bridgehead atoms. The van der Waals surface area contributed by atoms with Crippen LogP contribution in [0.25, 0.3) is 16.8 Å². The average molecular weight is 617 g/mol. The second-order valence-corrected chi connectivity index (χ2v) is 9.35. The number of pyridine rings is 1. The minimum absolute atomic E-state index is 0.107. The molecule has 4 aromatic rings. The lowest BCUT2D eigenvalue weighted by Crippen LogP contribution is -2.27. The van der Waals surface area contributed by atoms with Crippen LogP contribution in [-0.4, -0.2) is 33.5 Å². The molecule has 216 valence electrons. The maximum absolute atomic E-state index is 13.0. The summed E-state index contributed by atoms with van der Waals surface area (Å²) in [6.45, 7) is 4.98. The molecule has 0 radical (unpaired) electrons. The summed E-state index contributed by atoms with van der Waals surface area (Å²) in [6, 6.07) is 12.8. The third-order valence-corrected chi connectivity index (χ3v) is 5.85. The van der Waals surface area contributed by atoms with Gasteiger partial charge in [-0.25, -0.2) is 24.4 Å². The van der Waals surface area contributed by atoms with Crippen molar-refractivity contribution in [3.63, 3.8) is 0 Å². The predicted octanol–water partition coefficient (Wildman–Crippen LogP) is 6.96. The zero-order chi connectivity index (χ0) is 30.4. The predicted molar refractivity (Wildman–Crippen MR) is 156 cm³/mol. The first-order valence-electron chi connectivity index (χ1n) is 11.8. The molecule has 0 atom stereocenters. The maximum Gasteiger partial charge on any atom is 0.435 e. The molecule has 15 heteroatoms. The Bertz CT molecular complexity index is 1690. The number of hydrogen-bond acceptors (Lipinski definition) is 6. The van der Waals surface area contributed by atoms with Crippen LogP contribution in [0.15, 0.2) is 88.9 Å². The number of aliphatic imine (C=N–C) groups is 2. The molecule has 0 saturated carbocycles. The number of anilines is 2. The van der Waals surface area contributed by atoms with E-state index in [1.54, 1.807) is 37.3 Å². The van der Waals surface area contributed by atoms with Crippen LogP contribution in [-0.2, 0) is 6.18 Å². The van der Waals surface area contributed by atoms with E-state index in [0.29, 0.717) is 22.2 Å². The van der Waals surface area contributed by atoms with Gasteiger partial charge >= 0.3 is 18.2 Å². The molecule has 2 aromatic carbocycles. The van der Waals surface area contributed by atoms with Crippen LogP contribution in [0.5, 0.6) is 5.75 Å². The fourth-order valence-electron chi connectivity index (χ4n) is 3.52. The van der Waals surface area contributed by atoms with Crippen LogP contribution in [0.2, 0.25) is 10.0 Å². The number of ether oxygens (including phenoxy) is 1. The number of urea groups is 1. The number of rotatable bonds is 6. The summed E-state index contributed by atoms with van der Waals surface area (Å²) in [6.07, 6.45) is -0.772. The molecule has 4 rings (SSSR count). The van der Waals surface area contributed by atoms with Gasteiger partial charge in [0, 0.05) is 28.7 Å². The minimum atomic E-state index is -4.62. The van der Waals surface area contributed by atoms with Crippen molar-refractivity contribution < 1.29 is 22.7 Å². The van der Waals surface area contributed by atoms with Crippen LogP contribution in [0.4, 0.5) is 29.5 Å². The number of nitrogens with two attached hydrogens (primary N) is 1. The van der Waals surface area contributed by atoms with E-state index < -0.39 is 17.9 Å². The van der Waals surface area contributed by atoms with Gasteiger partial charge in [0.15, 0.2) is 5.69 Å². The van der Waals surface area contributed by atoms with Crippen molar-refractivity contribution in [1.29, 1.82) is 0 Å². The van der Waals surface area contributed by atoms with Crippen LogP contribution in [0.3, 0.4) is 0 Å². The van der Waals surface area contributed by atoms with Crippen LogP contribution in [0, 0.1) is 0 Å². The number of allylic oxidation sites excluding steroid dienone is 1. The summed E-state index contributed by atoms with van der Waals surface area (Å²) < 4.78 is 45.6. The Morgan fingerprint density at radius 3 is 2.52 bits per heavy atom. The fraction of sp³-hybridized carbons (Fsp3) is 0.0741. The molecule has 2 amide bonds. The number of carbonyl (C=O) groups is 1. The number of nitrogens with zero attached hydrogens (tertiary/aromatic N) is 5. The van der Waals surface area contributed by atoms with Gasteiger partial charge in [0.05, 0.1) is 22.6 Å². The monoisotopic (exact) mass is 616 g/mol. The number of hydrogen-bond donors (Lipinski definition) is 3. The van der Waals surface area contributed by atoms with Gasteiger partial charge in [-0.3, -0.25) is 0 Å². The number of alkyl halides is 3. The SMILES string of the molecule is C=N/C(=N\C=C(/C)NC(=O)Nc1cc(Cl)ccc1-n1ccc(C(F)(F)F)n1)Oc1ccc(-c2cc(Cl)cnc2N)cc1. The number of nitrogens with one attached hydrogen (secondary N) is 2. The number of amides is 2. The Morgan fingerprint density at radius 1 is 1.12 bits per heavy atom. The largest absolute Gasteiger partial charge is 0.435 e. The minimum Gasteiger partial charge on any atom is -0.424 e. The number of nitrogen functional groups attached to an aromatic ring is 1. The van der Waals surface area contributed by atoms with E-state index in [-0.39, 0.29) is 28.1 Å². The van der Waals surface area contributed by atoms with Gasteiger partial charge in [-0.15, -0.1) is 0 Å². The van der Waals surface area contributed by atoms with Gasteiger partial charge in [-0.2, -0.15) is 18.3 Å². The Kier molecular flexibility index (Phi) is 9.13. The molecule has 2 heterocycles. The Morgan fingerprint density at radius 2 is 1.86 bits per heavy atom. The third-order valence-electron chi connectivity index (χ3n) is 5.41. The molecule has 0 spiro atoms. The maximum atomic E-state index is 13.0. The zero-order valence-electron chi connectivity index (χ0n) is 21.7. The van der Waals surface area contributed by atoms with Crippen molar-refractivity contribution >= 4 is 53.5 Å². The first kappa shape index (κ1) is 30.1. The van der Waals surface area contributed by atoms with E-state index in [9.17, 15) is 18.0 Å². The quantitative estimate of drug-likeness (QED) is 0.159. The molecule has 0 unspecified atom stereocenters. The average Bonchev–Trinajstić information content (AvgIpc) is 3.44. The molecule has 4 N–H and O–H groups in total. The third kappa shape index (κ3) is 7.65. The highest BCUT2D eigenvalue weighted by atomic mass is 35.5. The van der Waals surface area contributed by atoms with E-state index in [0.717, 1.165) is 22.5 Å². The van der Waals surface area contributed by atoms with Crippen molar-refractivity contribution in [3.05, 3.63) is 94.6 Å². The summed E-state index contributed by atoms with van der Waals surface area (Å²) in [7, 11) is 0. The summed E-state index contributed by atoms with van der Waals surface area (Å²) in [5.41, 5.74) is 6.83. The second kappa shape index (κ2) is 12.7. The van der Waals surface area contributed by atoms with Gasteiger partial charge in [0.25, 0.3) is 0 Å². The van der Waals surface area contributed by atoms with E-state index >= 15 is 0 Å². The van der Waals surface area contributed by atoms with Crippen molar-refractivity contribution in [2.45, 2.75) is 13.1 Å². The van der Waals surface area contributed by atoms with Crippen molar-refractivity contribution in [2.75, 3.05) is 11.1 Å². The summed E-state index contributed by atoms with van der Waals surface area (Å²) in [4.78, 5) is 24.5. The van der Waals surface area contributed by atoms with Crippen molar-refractivity contribution in [1.82, 2.24) is 20.1 Å². The van der Waals surface area contributed by atoms with Gasteiger partial charge in [-0.05, 0) is 61.7 Å². The molecule has 2 aromatic heterocycles. The highest BCUT2D eigenvalue weighted by molar-refractivity contribution is 6.31. The molecular formula is C27H21Cl2F3N8O2. The Balaban J connectivity index is 1.42. The molecule has 42 heavy (non-hydrogen) atoms. The van der Waals surface area contributed by atoms with Gasteiger partial charge in [-0.1, -0.05) is 35.3 Å². The highest BCUT2D eigenvalue weighted by Gasteiger charge is 2.33. The number of halogens is 5. The van der Waals surface area contributed by atoms with Gasteiger partial charge in [0.2, 0.25) is 0 Å². The number of carbonyl (C=O) groups excluding carboxylic acids is 1. The normalized spacial score (nSPS) is 12.1. The molecule has 0 fully saturated rings. The number of benzene rings is 2. The van der Waals surface area contributed by atoms with E-state index in [2.05, 4.69) is 37.4 Å². The zero-order valence-corrected chi connectivity index (χ0v) is 23.2. The lowest BCUT2D eigenvalue weighted by molar-refractivity contribution is -0.141. The summed E-state index contributed by atoms with van der Waals surface area (Å²) in [5, 5.41) is 9.30. The van der Waals surface area contributed by atoms with Crippen LogP contribution >= 0.6 is 23.2 Å². The van der Waals surface area contributed by atoms with Crippen molar-refractivity contribution in [2.24, 2.45) is 9.98 Å². The Labute approximate surface area is 247 Å². The Hall–Kier alpha value is -4.88. The molecule has 0 aliphatic carbocycles. The van der Waals surface area contributed by atoms with Crippen LogP contribution < -0.4 is 21.1 Å². The van der Waals surface area contributed by atoms with Gasteiger partial charge < -0.3 is 21.1 Å². The molecule has 10 nitrogen and oxygen atoms in total. The first-order chi connectivity index (χ1) is 19.9. The molecule has 0 aliphatic rings. The van der Waals surface area contributed by atoms with Crippen molar-refractivity contribution in [3.8, 4) is 22.6 Å². The smallest absolute Gasteiger partial charge is 0.424 e. The lowest BCUT2D eigenvalue weighted by Gasteiger charge is -2.13. The highest BCUT2D eigenvalue weighted by Crippen LogP contribution is 2.31. The molecular weight excluding hydrogens is 596 g/mol. The second-order valence-electron chi connectivity index (χ2n) is 8.48. The number of aromatic nitrogens is 3. The first-order valence-corrected chi connectivity index (χ1v) is 12.6. The lowest BCUT2D eigenvalue weighted by atomic mass is 10.1. The molecule has 0 saturated heterocycles. The fourth-order valence-corrected chi connectivity index (χ4v) is 3.85. The number of amidine groups is 1. The van der Waals surface area contributed by atoms with E-state index in [1.165, 1.54) is 30.6 Å². The topological polar surface area (TPSA) is 132 Å². The van der Waals surface area contributed by atoms with Gasteiger partial charge in [0.1, 0.15) is 11.6 Å². The van der Waals surface area contributed by atoms with E-state index in [4.69, 9.17) is 33.7 Å².